The molecule has 1 fully saturated rings. The number of hydrogen-bond acceptors (Lipinski definition) is 5. The predicted molar refractivity (Wildman–Crippen MR) is 68.1 cm³/mol. The van der Waals surface area contributed by atoms with Crippen LogP contribution >= 0.6 is 0 Å². The van der Waals surface area contributed by atoms with E-state index in [4.69, 9.17) is 5.26 Å². The molecule has 0 spiro atoms. The summed E-state index contributed by atoms with van der Waals surface area (Å²) in [4.78, 5) is 0. The minimum absolute atomic E-state index is 0.0486. The summed E-state index contributed by atoms with van der Waals surface area (Å²) < 4.78 is 48.6. The van der Waals surface area contributed by atoms with Crippen molar-refractivity contribution < 1.29 is 16.8 Å². The molecule has 0 radical (unpaired) electrons. The van der Waals surface area contributed by atoms with Crippen LogP contribution in [0.5, 0.6) is 0 Å². The Morgan fingerprint density at radius 3 is 2.39 bits per heavy atom. The van der Waals surface area contributed by atoms with Crippen molar-refractivity contribution >= 4 is 19.9 Å². The standard InChI is InChI=1S/C10H18N2O4S2/c11-6-2-1-3-7-12-18(15,16)10-4-8-17(13,14)9-5-10/h10,12H,1-5,7-9H2. The van der Waals surface area contributed by atoms with Crippen molar-refractivity contribution in [2.24, 2.45) is 0 Å². The number of sulfone groups is 1. The number of sulfonamides is 1. The number of hydrogen-bond donors (Lipinski definition) is 1. The van der Waals surface area contributed by atoms with Crippen LogP contribution in [0.3, 0.4) is 0 Å². The molecule has 1 heterocycles. The molecule has 0 amide bonds. The molecule has 0 atom stereocenters. The fourth-order valence-electron chi connectivity index (χ4n) is 1.84. The molecule has 0 aromatic heterocycles. The van der Waals surface area contributed by atoms with Crippen LogP contribution in [0.1, 0.15) is 32.1 Å². The Hall–Kier alpha value is -0.650. The van der Waals surface area contributed by atoms with Gasteiger partial charge in [0.1, 0.15) is 9.84 Å². The molecule has 8 heteroatoms. The quantitative estimate of drug-likeness (QED) is 0.703. The monoisotopic (exact) mass is 294 g/mol. The van der Waals surface area contributed by atoms with E-state index < -0.39 is 25.1 Å². The van der Waals surface area contributed by atoms with Crippen LogP contribution in [-0.4, -0.2) is 40.1 Å². The Morgan fingerprint density at radius 1 is 1.22 bits per heavy atom. The molecule has 1 rings (SSSR count). The van der Waals surface area contributed by atoms with Gasteiger partial charge < -0.3 is 0 Å². The first-order valence-electron chi connectivity index (χ1n) is 5.93. The highest BCUT2D eigenvalue weighted by molar-refractivity contribution is 7.92. The molecule has 0 bridgehead atoms. The van der Waals surface area contributed by atoms with Crippen molar-refractivity contribution in [1.82, 2.24) is 4.72 Å². The maximum absolute atomic E-state index is 11.9. The molecule has 1 aliphatic rings. The Morgan fingerprint density at radius 2 is 1.83 bits per heavy atom. The van der Waals surface area contributed by atoms with Crippen LogP contribution in [0.4, 0.5) is 0 Å². The zero-order valence-corrected chi connectivity index (χ0v) is 11.8. The lowest BCUT2D eigenvalue weighted by molar-refractivity contribution is 0.540. The predicted octanol–water partition coefficient (Wildman–Crippen LogP) is 0.177. The first kappa shape index (κ1) is 15.4. The van der Waals surface area contributed by atoms with Gasteiger partial charge in [0, 0.05) is 13.0 Å². The Balaban J connectivity index is 2.38. The van der Waals surface area contributed by atoms with Crippen molar-refractivity contribution in [3.05, 3.63) is 0 Å². The molecule has 0 aromatic carbocycles. The van der Waals surface area contributed by atoms with Crippen molar-refractivity contribution in [2.45, 2.75) is 37.4 Å². The topological polar surface area (TPSA) is 104 Å². The van der Waals surface area contributed by atoms with Gasteiger partial charge in [0.2, 0.25) is 10.0 Å². The zero-order valence-electron chi connectivity index (χ0n) is 10.1. The summed E-state index contributed by atoms with van der Waals surface area (Å²) in [6, 6.07) is 1.99. The molecule has 0 saturated carbocycles. The van der Waals surface area contributed by atoms with Crippen molar-refractivity contribution in [3.63, 3.8) is 0 Å². The van der Waals surface area contributed by atoms with Gasteiger partial charge in [0.25, 0.3) is 0 Å². The number of nitriles is 1. The second kappa shape index (κ2) is 6.50. The first-order valence-corrected chi connectivity index (χ1v) is 9.30. The molecule has 6 nitrogen and oxygen atoms in total. The average Bonchev–Trinajstić information content (AvgIpc) is 2.28. The maximum Gasteiger partial charge on any atom is 0.214 e. The lowest BCUT2D eigenvalue weighted by Crippen LogP contribution is -2.40. The highest BCUT2D eigenvalue weighted by Crippen LogP contribution is 2.18. The van der Waals surface area contributed by atoms with E-state index in [1.807, 2.05) is 6.07 Å². The van der Waals surface area contributed by atoms with E-state index in [1.54, 1.807) is 0 Å². The fourth-order valence-corrected chi connectivity index (χ4v) is 5.15. The average molecular weight is 294 g/mol. The van der Waals surface area contributed by atoms with Gasteiger partial charge in [-0.25, -0.2) is 21.6 Å². The van der Waals surface area contributed by atoms with Gasteiger partial charge >= 0.3 is 0 Å². The van der Waals surface area contributed by atoms with Gasteiger partial charge in [-0.3, -0.25) is 0 Å². The number of nitrogens with zero attached hydrogens (tertiary/aromatic N) is 1. The van der Waals surface area contributed by atoms with Crippen molar-refractivity contribution in [3.8, 4) is 6.07 Å². The maximum atomic E-state index is 11.9. The minimum atomic E-state index is -3.42. The second-order valence-corrected chi connectivity index (χ2v) is 8.75. The summed E-state index contributed by atoms with van der Waals surface area (Å²) >= 11 is 0. The summed E-state index contributed by atoms with van der Waals surface area (Å²) in [5.74, 6) is -0.0972. The minimum Gasteiger partial charge on any atom is -0.229 e. The molecule has 0 aromatic rings. The largest absolute Gasteiger partial charge is 0.229 e. The highest BCUT2D eigenvalue weighted by atomic mass is 32.2. The smallest absolute Gasteiger partial charge is 0.214 e. The van der Waals surface area contributed by atoms with E-state index in [0.29, 0.717) is 25.8 Å². The third-order valence-corrected chi connectivity index (χ3v) is 6.63. The van der Waals surface area contributed by atoms with Gasteiger partial charge in [-0.1, -0.05) is 0 Å². The number of unbranched alkanes of at least 4 members (excludes halogenated alkanes) is 2. The number of nitrogens with one attached hydrogen (secondary N) is 1. The highest BCUT2D eigenvalue weighted by Gasteiger charge is 2.32. The first-order chi connectivity index (χ1) is 8.37. The fraction of sp³-hybridized carbons (Fsp3) is 0.900. The molecule has 104 valence electrons. The van der Waals surface area contributed by atoms with Crippen molar-refractivity contribution in [1.29, 1.82) is 5.26 Å². The Labute approximate surface area is 108 Å². The molecule has 0 aliphatic carbocycles. The summed E-state index contributed by atoms with van der Waals surface area (Å²) in [5.41, 5.74) is 0. The van der Waals surface area contributed by atoms with Crippen LogP contribution in [0.15, 0.2) is 0 Å². The number of rotatable bonds is 6. The molecule has 1 N–H and O–H groups in total. The van der Waals surface area contributed by atoms with Gasteiger partial charge in [0.15, 0.2) is 0 Å². The molecule has 1 saturated heterocycles. The van der Waals surface area contributed by atoms with Crippen LogP contribution < -0.4 is 4.72 Å². The van der Waals surface area contributed by atoms with Gasteiger partial charge in [-0.05, 0) is 25.7 Å². The van der Waals surface area contributed by atoms with E-state index in [-0.39, 0.29) is 24.3 Å². The third-order valence-electron chi connectivity index (χ3n) is 2.96. The summed E-state index contributed by atoms with van der Waals surface area (Å²) in [5, 5.41) is 7.73. The normalized spacial score (nSPS) is 20.4. The van der Waals surface area contributed by atoms with E-state index in [0.717, 1.165) is 0 Å². The summed E-state index contributed by atoms with van der Waals surface area (Å²) in [6.07, 6.45) is 2.06. The van der Waals surface area contributed by atoms with Crippen LogP contribution in [0.25, 0.3) is 0 Å². The molecular weight excluding hydrogens is 276 g/mol. The van der Waals surface area contributed by atoms with E-state index in [9.17, 15) is 16.8 Å². The zero-order chi connectivity index (χ0) is 13.6. The lowest BCUT2D eigenvalue weighted by atomic mass is 10.2. The second-order valence-electron chi connectivity index (χ2n) is 4.41. The van der Waals surface area contributed by atoms with Gasteiger partial charge in [0.05, 0.1) is 22.8 Å². The molecular formula is C10H18N2O4S2. The van der Waals surface area contributed by atoms with Gasteiger partial charge in [-0.2, -0.15) is 5.26 Å². The SMILES string of the molecule is N#CCCCCNS(=O)(=O)C1CCS(=O)(=O)CC1. The Kier molecular flexibility index (Phi) is 5.56. The van der Waals surface area contributed by atoms with Crippen molar-refractivity contribution in [2.75, 3.05) is 18.1 Å². The third kappa shape index (κ3) is 4.92. The lowest BCUT2D eigenvalue weighted by Gasteiger charge is -2.22. The van der Waals surface area contributed by atoms with E-state index in [2.05, 4.69) is 4.72 Å². The van der Waals surface area contributed by atoms with E-state index >= 15 is 0 Å². The van der Waals surface area contributed by atoms with Crippen LogP contribution in [0, 0.1) is 11.3 Å². The molecule has 18 heavy (non-hydrogen) atoms. The summed E-state index contributed by atoms with van der Waals surface area (Å²) in [6.45, 7) is 0.313. The van der Waals surface area contributed by atoms with Crippen LogP contribution in [0.2, 0.25) is 0 Å². The molecule has 1 aliphatic heterocycles. The Bertz CT molecular complexity index is 490. The van der Waals surface area contributed by atoms with Crippen LogP contribution in [-0.2, 0) is 19.9 Å². The van der Waals surface area contributed by atoms with E-state index in [1.165, 1.54) is 0 Å². The van der Waals surface area contributed by atoms with Gasteiger partial charge in [-0.15, -0.1) is 0 Å². The molecule has 0 unspecified atom stereocenters. The summed E-state index contributed by atoms with van der Waals surface area (Å²) in [7, 11) is -6.45.